The van der Waals surface area contributed by atoms with Crippen LogP contribution in [0.2, 0.25) is 0 Å². The van der Waals surface area contributed by atoms with Crippen molar-refractivity contribution < 1.29 is 14.6 Å². The molecule has 17 heavy (non-hydrogen) atoms. The van der Waals surface area contributed by atoms with E-state index in [0.29, 0.717) is 25.7 Å². The minimum absolute atomic E-state index is 0.0305. The Morgan fingerprint density at radius 3 is 3.06 bits per heavy atom. The van der Waals surface area contributed by atoms with E-state index in [-0.39, 0.29) is 18.6 Å². The van der Waals surface area contributed by atoms with E-state index in [1.54, 1.807) is 0 Å². The fourth-order valence-corrected chi connectivity index (χ4v) is 1.98. The van der Waals surface area contributed by atoms with E-state index in [4.69, 9.17) is 9.84 Å². The van der Waals surface area contributed by atoms with Crippen molar-refractivity contribution in [1.82, 2.24) is 10.6 Å². The number of hydrogen-bond donors (Lipinski definition) is 3. The van der Waals surface area contributed by atoms with Crippen LogP contribution >= 0.6 is 0 Å². The average Bonchev–Trinajstić information content (AvgIpc) is 2.33. The number of rotatable bonds is 7. The average molecular weight is 244 g/mol. The molecule has 0 aliphatic carbocycles. The van der Waals surface area contributed by atoms with Crippen molar-refractivity contribution in [2.75, 3.05) is 32.9 Å². The topological polar surface area (TPSA) is 70.6 Å². The van der Waals surface area contributed by atoms with Gasteiger partial charge in [-0.05, 0) is 31.7 Å². The summed E-state index contributed by atoms with van der Waals surface area (Å²) in [4.78, 5) is 11.8. The van der Waals surface area contributed by atoms with E-state index < -0.39 is 0 Å². The molecule has 2 atom stereocenters. The highest BCUT2D eigenvalue weighted by atomic mass is 16.5. The third-order valence-corrected chi connectivity index (χ3v) is 2.98. The number of ether oxygens (including phenoxy) is 1. The Labute approximate surface area is 103 Å². The number of amides is 1. The standard InChI is InChI=1S/C12H24N2O3/c1-10-3-5-13-11(9-10)12(16)14-4-2-7-17-8-6-15/h10-11,13,15H,2-9H2,1H3,(H,14,16). The Hall–Kier alpha value is -0.650. The Balaban J connectivity index is 2.04. The van der Waals surface area contributed by atoms with E-state index in [9.17, 15) is 4.79 Å². The van der Waals surface area contributed by atoms with E-state index in [2.05, 4.69) is 17.6 Å². The van der Waals surface area contributed by atoms with Crippen LogP contribution in [0.15, 0.2) is 0 Å². The van der Waals surface area contributed by atoms with Crippen LogP contribution in [0.1, 0.15) is 26.2 Å². The van der Waals surface area contributed by atoms with Gasteiger partial charge >= 0.3 is 0 Å². The molecule has 1 rings (SSSR count). The van der Waals surface area contributed by atoms with Crippen LogP contribution in [0.3, 0.4) is 0 Å². The predicted molar refractivity (Wildman–Crippen MR) is 65.7 cm³/mol. The van der Waals surface area contributed by atoms with Crippen molar-refractivity contribution in [1.29, 1.82) is 0 Å². The number of carbonyl (C=O) groups excluding carboxylic acids is 1. The second-order valence-corrected chi connectivity index (χ2v) is 4.62. The molecular formula is C12H24N2O3. The van der Waals surface area contributed by atoms with Crippen LogP contribution in [0, 0.1) is 5.92 Å². The van der Waals surface area contributed by atoms with E-state index in [1.807, 2.05) is 0 Å². The lowest BCUT2D eigenvalue weighted by Gasteiger charge is -2.27. The smallest absolute Gasteiger partial charge is 0.237 e. The molecule has 3 N–H and O–H groups in total. The van der Waals surface area contributed by atoms with Gasteiger partial charge in [-0.3, -0.25) is 4.79 Å². The van der Waals surface area contributed by atoms with E-state index in [0.717, 1.165) is 25.8 Å². The number of aliphatic hydroxyl groups is 1. The summed E-state index contributed by atoms with van der Waals surface area (Å²) in [7, 11) is 0. The van der Waals surface area contributed by atoms with Gasteiger partial charge in [0, 0.05) is 13.2 Å². The molecule has 0 bridgehead atoms. The molecule has 0 aromatic rings. The number of carbonyl (C=O) groups is 1. The first-order valence-electron chi connectivity index (χ1n) is 6.43. The van der Waals surface area contributed by atoms with Crippen LogP contribution < -0.4 is 10.6 Å². The highest BCUT2D eigenvalue weighted by Gasteiger charge is 2.23. The summed E-state index contributed by atoms with van der Waals surface area (Å²) in [5, 5.41) is 14.6. The van der Waals surface area contributed by atoms with Crippen LogP contribution in [0.5, 0.6) is 0 Å². The molecule has 5 nitrogen and oxygen atoms in total. The second-order valence-electron chi connectivity index (χ2n) is 4.62. The van der Waals surface area contributed by atoms with Gasteiger partial charge in [-0.2, -0.15) is 0 Å². The zero-order valence-corrected chi connectivity index (χ0v) is 10.6. The summed E-state index contributed by atoms with van der Waals surface area (Å²) in [5.74, 6) is 0.721. The molecule has 0 radical (unpaired) electrons. The maximum absolute atomic E-state index is 11.8. The first kappa shape index (κ1) is 14.4. The summed E-state index contributed by atoms with van der Waals surface area (Å²) in [5.41, 5.74) is 0. The maximum atomic E-state index is 11.8. The van der Waals surface area contributed by atoms with Gasteiger partial charge in [0.15, 0.2) is 0 Å². The summed E-state index contributed by atoms with van der Waals surface area (Å²) >= 11 is 0. The highest BCUT2D eigenvalue weighted by Crippen LogP contribution is 2.14. The lowest BCUT2D eigenvalue weighted by atomic mass is 9.94. The molecule has 1 aliphatic rings. The molecule has 0 spiro atoms. The molecule has 100 valence electrons. The molecule has 1 heterocycles. The van der Waals surface area contributed by atoms with Gasteiger partial charge in [0.2, 0.25) is 5.91 Å². The number of aliphatic hydroxyl groups excluding tert-OH is 1. The fourth-order valence-electron chi connectivity index (χ4n) is 1.98. The quantitative estimate of drug-likeness (QED) is 0.547. The number of nitrogens with one attached hydrogen (secondary N) is 2. The van der Waals surface area contributed by atoms with Crippen molar-refractivity contribution >= 4 is 5.91 Å². The number of piperidine rings is 1. The molecular weight excluding hydrogens is 220 g/mol. The molecule has 1 saturated heterocycles. The largest absolute Gasteiger partial charge is 0.394 e. The van der Waals surface area contributed by atoms with Crippen LogP contribution in [0.25, 0.3) is 0 Å². The minimum atomic E-state index is -0.0305. The molecule has 2 unspecified atom stereocenters. The summed E-state index contributed by atoms with van der Waals surface area (Å²) in [6, 6.07) is -0.0305. The lowest BCUT2D eigenvalue weighted by Crippen LogP contribution is -2.48. The normalized spacial score (nSPS) is 24.6. The maximum Gasteiger partial charge on any atom is 0.237 e. The molecule has 1 fully saturated rings. The van der Waals surface area contributed by atoms with Gasteiger partial charge in [-0.15, -0.1) is 0 Å². The van der Waals surface area contributed by atoms with Crippen molar-refractivity contribution in [3.63, 3.8) is 0 Å². The lowest BCUT2D eigenvalue weighted by molar-refractivity contribution is -0.124. The summed E-state index contributed by atoms with van der Waals surface area (Å²) in [6.07, 6.45) is 2.86. The monoisotopic (exact) mass is 244 g/mol. The van der Waals surface area contributed by atoms with Crippen LogP contribution in [0.4, 0.5) is 0 Å². The van der Waals surface area contributed by atoms with Crippen molar-refractivity contribution in [3.8, 4) is 0 Å². The Morgan fingerprint density at radius 1 is 1.53 bits per heavy atom. The number of hydrogen-bond acceptors (Lipinski definition) is 4. The van der Waals surface area contributed by atoms with Gasteiger partial charge < -0.3 is 20.5 Å². The zero-order valence-electron chi connectivity index (χ0n) is 10.6. The SMILES string of the molecule is CC1CCNC(C(=O)NCCCOCCO)C1. The van der Waals surface area contributed by atoms with Crippen molar-refractivity contribution in [2.45, 2.75) is 32.2 Å². The van der Waals surface area contributed by atoms with Gasteiger partial charge in [0.05, 0.1) is 19.3 Å². The Kier molecular flexibility index (Phi) is 7.16. The van der Waals surface area contributed by atoms with Crippen LogP contribution in [-0.4, -0.2) is 50.0 Å². The predicted octanol–water partition coefficient (Wildman–Crippen LogP) is -0.110. The van der Waals surface area contributed by atoms with E-state index >= 15 is 0 Å². The molecule has 1 aliphatic heterocycles. The zero-order chi connectivity index (χ0) is 12.5. The fraction of sp³-hybridized carbons (Fsp3) is 0.917. The van der Waals surface area contributed by atoms with Gasteiger partial charge in [-0.25, -0.2) is 0 Å². The summed E-state index contributed by atoms with van der Waals surface area (Å²) < 4.78 is 5.11. The molecule has 0 saturated carbocycles. The van der Waals surface area contributed by atoms with Gasteiger partial charge in [0.25, 0.3) is 0 Å². The Morgan fingerprint density at radius 2 is 2.35 bits per heavy atom. The third kappa shape index (κ3) is 6.00. The third-order valence-electron chi connectivity index (χ3n) is 2.98. The van der Waals surface area contributed by atoms with Crippen molar-refractivity contribution in [2.24, 2.45) is 5.92 Å². The van der Waals surface area contributed by atoms with Gasteiger partial charge in [-0.1, -0.05) is 6.92 Å². The minimum Gasteiger partial charge on any atom is -0.394 e. The molecule has 0 aromatic carbocycles. The van der Waals surface area contributed by atoms with Gasteiger partial charge in [0.1, 0.15) is 0 Å². The van der Waals surface area contributed by atoms with E-state index in [1.165, 1.54) is 0 Å². The Bertz CT molecular complexity index is 224. The summed E-state index contributed by atoms with van der Waals surface area (Å²) in [6.45, 7) is 4.75. The van der Waals surface area contributed by atoms with Crippen LogP contribution in [-0.2, 0) is 9.53 Å². The first-order chi connectivity index (χ1) is 8.24. The molecule has 0 aromatic heterocycles. The first-order valence-corrected chi connectivity index (χ1v) is 6.43. The second kappa shape index (κ2) is 8.44. The van der Waals surface area contributed by atoms with Crippen molar-refractivity contribution in [3.05, 3.63) is 0 Å². The molecule has 5 heteroatoms. The molecule has 1 amide bonds. The highest BCUT2D eigenvalue weighted by molar-refractivity contribution is 5.81.